The lowest BCUT2D eigenvalue weighted by atomic mass is 10.1. The molecule has 0 fully saturated rings. The van der Waals surface area contributed by atoms with Crippen molar-refractivity contribution in [2.24, 2.45) is 0 Å². The molecular weight excluding hydrogens is 178 g/mol. The van der Waals surface area contributed by atoms with Crippen LogP contribution < -0.4 is 5.32 Å². The van der Waals surface area contributed by atoms with E-state index in [4.69, 9.17) is 11.6 Å². The summed E-state index contributed by atoms with van der Waals surface area (Å²) in [4.78, 5) is 18.8. The maximum Gasteiger partial charge on any atom is 0.233 e. The Balaban J connectivity index is 2.62. The largest absolute Gasteiger partial charge is 0.310 e. The Morgan fingerprint density at radius 2 is 2.33 bits per heavy atom. The molecule has 0 saturated carbocycles. The number of hydrogen-bond donors (Lipinski definition) is 1. The average molecular weight is 184 g/mol. The predicted octanol–water partition coefficient (Wildman–Crippen LogP) is 1.19. The molecule has 4 nitrogen and oxygen atoms in total. The first kappa shape index (κ1) is 7.49. The summed E-state index contributed by atoms with van der Waals surface area (Å²) < 4.78 is 0. The van der Waals surface area contributed by atoms with E-state index in [0.29, 0.717) is 16.5 Å². The summed E-state index contributed by atoms with van der Waals surface area (Å²) in [6, 6.07) is 0. The van der Waals surface area contributed by atoms with E-state index in [1.165, 1.54) is 6.33 Å². The second-order valence-electron chi connectivity index (χ2n) is 2.64. The van der Waals surface area contributed by atoms with Gasteiger partial charge in [0.15, 0.2) is 0 Å². The molecule has 1 aromatic rings. The number of halogens is 1. The maximum absolute atomic E-state index is 11.1. The van der Waals surface area contributed by atoms with Gasteiger partial charge in [-0.05, 0) is 6.92 Å². The molecule has 0 aliphatic carbocycles. The lowest BCUT2D eigenvalue weighted by molar-refractivity contribution is -0.116. The number of amides is 1. The van der Waals surface area contributed by atoms with Crippen LogP contribution >= 0.6 is 11.6 Å². The predicted molar refractivity (Wildman–Crippen MR) is 44.1 cm³/mol. The standard InChI is InChI=1S/C7H6ClN3O/c1-3-4-5(8)9-2-10-6(4)11-7(3)12/h2-3H,1H3,(H,9,10,11,12). The minimum atomic E-state index is -0.242. The number of nitrogens with zero attached hydrogens (tertiary/aromatic N) is 2. The molecule has 62 valence electrons. The van der Waals surface area contributed by atoms with Crippen molar-refractivity contribution in [2.75, 3.05) is 5.32 Å². The van der Waals surface area contributed by atoms with Crippen LogP contribution in [0.2, 0.25) is 5.15 Å². The second-order valence-corrected chi connectivity index (χ2v) is 3.00. The average Bonchev–Trinajstić information content (AvgIpc) is 2.29. The van der Waals surface area contributed by atoms with Crippen molar-refractivity contribution in [3.63, 3.8) is 0 Å². The molecule has 1 aliphatic rings. The molecule has 0 spiro atoms. The lowest BCUT2D eigenvalue weighted by Crippen LogP contribution is -2.08. The maximum atomic E-state index is 11.1. The normalized spacial score (nSPS) is 20.5. The van der Waals surface area contributed by atoms with E-state index >= 15 is 0 Å². The number of fused-ring (bicyclic) bond motifs is 1. The third kappa shape index (κ3) is 0.881. The van der Waals surface area contributed by atoms with Gasteiger partial charge < -0.3 is 5.32 Å². The van der Waals surface area contributed by atoms with Crippen molar-refractivity contribution in [1.29, 1.82) is 0 Å². The van der Waals surface area contributed by atoms with Crippen LogP contribution in [0.5, 0.6) is 0 Å². The first-order valence-electron chi connectivity index (χ1n) is 3.51. The molecule has 1 amide bonds. The van der Waals surface area contributed by atoms with Crippen molar-refractivity contribution >= 4 is 23.3 Å². The van der Waals surface area contributed by atoms with Gasteiger partial charge in [-0.3, -0.25) is 4.79 Å². The van der Waals surface area contributed by atoms with E-state index in [-0.39, 0.29) is 11.8 Å². The molecule has 0 aromatic carbocycles. The molecular formula is C7H6ClN3O. The molecule has 5 heteroatoms. The molecule has 0 saturated heterocycles. The molecule has 1 aliphatic heterocycles. The van der Waals surface area contributed by atoms with Gasteiger partial charge in [-0.25, -0.2) is 9.97 Å². The Hall–Kier alpha value is -1.16. The van der Waals surface area contributed by atoms with Crippen molar-refractivity contribution in [3.05, 3.63) is 17.0 Å². The van der Waals surface area contributed by atoms with Crippen molar-refractivity contribution in [3.8, 4) is 0 Å². The summed E-state index contributed by atoms with van der Waals surface area (Å²) >= 11 is 5.79. The number of nitrogens with one attached hydrogen (secondary N) is 1. The minimum absolute atomic E-state index is 0.0765. The van der Waals surface area contributed by atoms with E-state index in [0.717, 1.165) is 0 Å². The van der Waals surface area contributed by atoms with Crippen LogP contribution in [0, 0.1) is 0 Å². The van der Waals surface area contributed by atoms with Gasteiger partial charge in [-0.2, -0.15) is 0 Å². The minimum Gasteiger partial charge on any atom is -0.310 e. The fourth-order valence-electron chi connectivity index (χ4n) is 1.21. The zero-order valence-electron chi connectivity index (χ0n) is 6.34. The third-order valence-electron chi connectivity index (χ3n) is 1.90. The molecule has 1 N–H and O–H groups in total. The Morgan fingerprint density at radius 3 is 3.00 bits per heavy atom. The van der Waals surface area contributed by atoms with E-state index in [1.54, 1.807) is 6.92 Å². The van der Waals surface area contributed by atoms with Crippen LogP contribution in [-0.4, -0.2) is 15.9 Å². The number of carbonyl (C=O) groups excluding carboxylic acids is 1. The van der Waals surface area contributed by atoms with Crippen LogP contribution in [0.1, 0.15) is 18.4 Å². The number of carbonyl (C=O) groups is 1. The molecule has 1 aromatic heterocycles. The number of anilines is 1. The highest BCUT2D eigenvalue weighted by Gasteiger charge is 2.30. The van der Waals surface area contributed by atoms with Crippen LogP contribution in [0.15, 0.2) is 6.33 Å². The molecule has 12 heavy (non-hydrogen) atoms. The summed E-state index contributed by atoms with van der Waals surface area (Å²) in [7, 11) is 0. The summed E-state index contributed by atoms with van der Waals surface area (Å²) in [6.07, 6.45) is 1.33. The highest BCUT2D eigenvalue weighted by Crippen LogP contribution is 2.33. The van der Waals surface area contributed by atoms with Crippen molar-refractivity contribution in [2.45, 2.75) is 12.8 Å². The number of hydrogen-bond acceptors (Lipinski definition) is 3. The monoisotopic (exact) mass is 183 g/mol. The van der Waals surface area contributed by atoms with Gasteiger partial charge in [0.2, 0.25) is 5.91 Å². The van der Waals surface area contributed by atoms with Gasteiger partial charge in [-0.1, -0.05) is 11.6 Å². The van der Waals surface area contributed by atoms with E-state index in [1.807, 2.05) is 0 Å². The summed E-state index contributed by atoms with van der Waals surface area (Å²) in [5.74, 6) is 0.216. The Labute approximate surface area is 74.0 Å². The fourth-order valence-corrected chi connectivity index (χ4v) is 1.51. The molecule has 0 radical (unpaired) electrons. The highest BCUT2D eigenvalue weighted by molar-refractivity contribution is 6.31. The van der Waals surface area contributed by atoms with E-state index < -0.39 is 0 Å². The smallest absolute Gasteiger partial charge is 0.233 e. The SMILES string of the molecule is CC1C(=O)Nc2ncnc(Cl)c21. The topological polar surface area (TPSA) is 54.9 Å². The third-order valence-corrected chi connectivity index (χ3v) is 2.20. The van der Waals surface area contributed by atoms with Crippen LogP contribution in [0.4, 0.5) is 5.82 Å². The Kier molecular flexibility index (Phi) is 1.51. The van der Waals surface area contributed by atoms with Crippen molar-refractivity contribution < 1.29 is 4.79 Å². The fraction of sp³-hybridized carbons (Fsp3) is 0.286. The van der Waals surface area contributed by atoms with Crippen LogP contribution in [0.25, 0.3) is 0 Å². The molecule has 1 atom stereocenters. The zero-order valence-corrected chi connectivity index (χ0v) is 7.09. The Bertz CT molecular complexity index is 353. The molecule has 2 rings (SSSR count). The van der Waals surface area contributed by atoms with Gasteiger partial charge in [0, 0.05) is 5.56 Å². The van der Waals surface area contributed by atoms with Gasteiger partial charge in [0.1, 0.15) is 17.3 Å². The van der Waals surface area contributed by atoms with Gasteiger partial charge in [0.25, 0.3) is 0 Å². The number of aromatic nitrogens is 2. The first-order chi connectivity index (χ1) is 5.70. The van der Waals surface area contributed by atoms with Gasteiger partial charge in [-0.15, -0.1) is 0 Å². The molecule has 0 bridgehead atoms. The summed E-state index contributed by atoms with van der Waals surface area (Å²) in [5, 5.41) is 2.97. The molecule has 2 heterocycles. The Morgan fingerprint density at radius 1 is 1.58 bits per heavy atom. The van der Waals surface area contributed by atoms with Crippen LogP contribution in [-0.2, 0) is 4.79 Å². The summed E-state index contributed by atoms with van der Waals surface area (Å²) in [5.41, 5.74) is 0.698. The summed E-state index contributed by atoms with van der Waals surface area (Å²) in [6.45, 7) is 1.77. The number of rotatable bonds is 0. The lowest BCUT2D eigenvalue weighted by Gasteiger charge is -1.99. The van der Waals surface area contributed by atoms with Gasteiger partial charge in [0.05, 0.1) is 5.92 Å². The van der Waals surface area contributed by atoms with E-state index in [2.05, 4.69) is 15.3 Å². The van der Waals surface area contributed by atoms with Crippen LogP contribution in [0.3, 0.4) is 0 Å². The highest BCUT2D eigenvalue weighted by atomic mass is 35.5. The van der Waals surface area contributed by atoms with Gasteiger partial charge >= 0.3 is 0 Å². The second kappa shape index (κ2) is 2.42. The molecule has 1 unspecified atom stereocenters. The zero-order chi connectivity index (χ0) is 8.72. The van der Waals surface area contributed by atoms with E-state index in [9.17, 15) is 4.79 Å². The van der Waals surface area contributed by atoms with Crippen molar-refractivity contribution in [1.82, 2.24) is 9.97 Å². The first-order valence-corrected chi connectivity index (χ1v) is 3.89. The quantitative estimate of drug-likeness (QED) is 0.615.